The van der Waals surface area contributed by atoms with Gasteiger partial charge in [-0.25, -0.2) is 0 Å². The maximum Gasteiger partial charge on any atom is 0.161 e. The van der Waals surface area contributed by atoms with Crippen molar-refractivity contribution in [1.82, 2.24) is 0 Å². The Morgan fingerprint density at radius 2 is 1.86 bits per heavy atom. The van der Waals surface area contributed by atoms with Crippen LogP contribution in [0, 0.1) is 0 Å². The first-order chi connectivity index (χ1) is 10.2. The maximum atomic E-state index is 9.57. The zero-order valence-corrected chi connectivity index (χ0v) is 12.3. The van der Waals surface area contributed by atoms with Crippen LogP contribution in [0.3, 0.4) is 0 Å². The first-order valence-corrected chi connectivity index (χ1v) is 6.91. The van der Waals surface area contributed by atoms with Gasteiger partial charge in [0.15, 0.2) is 11.5 Å². The van der Waals surface area contributed by atoms with E-state index in [4.69, 9.17) is 9.47 Å². The number of rotatable bonds is 6. The lowest BCUT2D eigenvalue weighted by Gasteiger charge is -2.12. The Bertz CT molecular complexity index is 589. The monoisotopic (exact) mass is 284 g/mol. The smallest absolute Gasteiger partial charge is 0.161 e. The van der Waals surface area contributed by atoms with E-state index in [1.165, 1.54) is 0 Å². The van der Waals surface area contributed by atoms with Crippen LogP contribution in [-0.4, -0.2) is 18.8 Å². The van der Waals surface area contributed by atoms with Crippen LogP contribution in [0.4, 0.5) is 0 Å². The lowest BCUT2D eigenvalue weighted by Crippen LogP contribution is -1.98. The molecule has 110 valence electrons. The van der Waals surface area contributed by atoms with Crippen molar-refractivity contribution < 1.29 is 14.6 Å². The molecule has 3 nitrogen and oxygen atoms in total. The highest BCUT2D eigenvalue weighted by Crippen LogP contribution is 2.30. The largest absolute Gasteiger partial charge is 0.493 e. The van der Waals surface area contributed by atoms with Crippen LogP contribution < -0.4 is 9.47 Å². The minimum Gasteiger partial charge on any atom is -0.493 e. The quantitative estimate of drug-likeness (QED) is 0.876. The molecule has 0 aliphatic carbocycles. The Hall–Kier alpha value is -2.26. The van der Waals surface area contributed by atoms with E-state index in [0.717, 1.165) is 11.1 Å². The highest BCUT2D eigenvalue weighted by Gasteiger charge is 2.08. The van der Waals surface area contributed by atoms with E-state index in [-0.39, 0.29) is 0 Å². The van der Waals surface area contributed by atoms with E-state index in [9.17, 15) is 5.11 Å². The molecule has 0 saturated heterocycles. The molecule has 0 aliphatic rings. The standard InChI is InChI=1S/C18H20O3/c1-14(19)16-10-11-17(18(13-16)20-2)21-12-6-9-15-7-4-3-5-8-15/h3-11,13-14,19H,12H2,1-2H3/t14-/m1/s1. The number of benzene rings is 2. The highest BCUT2D eigenvalue weighted by atomic mass is 16.5. The number of aliphatic hydroxyl groups excluding tert-OH is 1. The zero-order valence-electron chi connectivity index (χ0n) is 12.3. The average molecular weight is 284 g/mol. The van der Waals surface area contributed by atoms with Gasteiger partial charge >= 0.3 is 0 Å². The summed E-state index contributed by atoms with van der Waals surface area (Å²) in [6.07, 6.45) is 3.44. The predicted molar refractivity (Wildman–Crippen MR) is 84.6 cm³/mol. The Labute approximate surface area is 125 Å². The van der Waals surface area contributed by atoms with E-state index in [1.54, 1.807) is 20.1 Å². The summed E-state index contributed by atoms with van der Waals surface area (Å²) in [7, 11) is 1.59. The van der Waals surface area contributed by atoms with Crippen molar-refractivity contribution in [3.05, 3.63) is 65.7 Å². The van der Waals surface area contributed by atoms with Crippen LogP contribution in [0.2, 0.25) is 0 Å². The van der Waals surface area contributed by atoms with Crippen molar-refractivity contribution in [1.29, 1.82) is 0 Å². The predicted octanol–water partition coefficient (Wildman–Crippen LogP) is 3.84. The van der Waals surface area contributed by atoms with Crippen molar-refractivity contribution in [2.24, 2.45) is 0 Å². The van der Waals surface area contributed by atoms with E-state index in [0.29, 0.717) is 18.1 Å². The number of hydrogen-bond acceptors (Lipinski definition) is 3. The summed E-state index contributed by atoms with van der Waals surface area (Å²) in [6, 6.07) is 15.5. The van der Waals surface area contributed by atoms with Crippen molar-refractivity contribution >= 4 is 6.08 Å². The topological polar surface area (TPSA) is 38.7 Å². The third-order valence-corrected chi connectivity index (χ3v) is 3.12. The molecule has 0 radical (unpaired) electrons. The Balaban J connectivity index is 1.98. The van der Waals surface area contributed by atoms with Crippen molar-refractivity contribution in [3.63, 3.8) is 0 Å². The van der Waals surface area contributed by atoms with Gasteiger partial charge in [-0.2, -0.15) is 0 Å². The molecule has 2 aromatic rings. The SMILES string of the molecule is COc1cc([C@@H](C)O)ccc1OCC=Cc1ccccc1. The van der Waals surface area contributed by atoms with E-state index >= 15 is 0 Å². The molecule has 0 amide bonds. The summed E-state index contributed by atoms with van der Waals surface area (Å²) >= 11 is 0. The van der Waals surface area contributed by atoms with Gasteiger partial charge in [-0.05, 0) is 36.3 Å². The van der Waals surface area contributed by atoms with Crippen LogP contribution in [0.1, 0.15) is 24.2 Å². The molecule has 3 heteroatoms. The fraction of sp³-hybridized carbons (Fsp3) is 0.222. The molecule has 0 bridgehead atoms. The van der Waals surface area contributed by atoms with Gasteiger partial charge in [0, 0.05) is 0 Å². The van der Waals surface area contributed by atoms with E-state index in [1.807, 2.05) is 54.6 Å². The number of ether oxygens (including phenoxy) is 2. The molecule has 1 atom stereocenters. The van der Waals surface area contributed by atoms with Crippen LogP contribution in [0.15, 0.2) is 54.6 Å². The average Bonchev–Trinajstić information content (AvgIpc) is 2.52. The van der Waals surface area contributed by atoms with Gasteiger partial charge in [-0.3, -0.25) is 0 Å². The van der Waals surface area contributed by atoms with Gasteiger partial charge in [0.25, 0.3) is 0 Å². The summed E-state index contributed by atoms with van der Waals surface area (Å²) in [5, 5.41) is 9.57. The zero-order chi connectivity index (χ0) is 15.1. The molecule has 2 rings (SSSR count). The Kier molecular flexibility index (Phi) is 5.41. The molecule has 0 aromatic heterocycles. The first kappa shape index (κ1) is 15.1. The normalized spacial score (nSPS) is 12.3. The molecule has 0 saturated carbocycles. The molecule has 0 aliphatic heterocycles. The summed E-state index contributed by atoms with van der Waals surface area (Å²) in [5.41, 5.74) is 1.94. The van der Waals surface area contributed by atoms with Gasteiger partial charge in [-0.1, -0.05) is 42.5 Å². The van der Waals surface area contributed by atoms with Crippen LogP contribution >= 0.6 is 0 Å². The summed E-state index contributed by atoms with van der Waals surface area (Å²) in [4.78, 5) is 0. The maximum absolute atomic E-state index is 9.57. The van der Waals surface area contributed by atoms with Crippen molar-refractivity contribution in [2.75, 3.05) is 13.7 Å². The minimum absolute atomic E-state index is 0.458. The van der Waals surface area contributed by atoms with Gasteiger partial charge in [-0.15, -0.1) is 0 Å². The molecular formula is C18H20O3. The van der Waals surface area contributed by atoms with Crippen LogP contribution in [0.25, 0.3) is 6.08 Å². The van der Waals surface area contributed by atoms with E-state index in [2.05, 4.69) is 0 Å². The molecule has 21 heavy (non-hydrogen) atoms. The lowest BCUT2D eigenvalue weighted by atomic mass is 10.1. The number of methoxy groups -OCH3 is 1. The fourth-order valence-electron chi connectivity index (χ4n) is 1.95. The summed E-state index contributed by atoms with van der Waals surface area (Å²) < 4.78 is 11.0. The first-order valence-electron chi connectivity index (χ1n) is 6.91. The van der Waals surface area contributed by atoms with Gasteiger partial charge in [0.1, 0.15) is 6.61 Å². The molecule has 0 unspecified atom stereocenters. The Morgan fingerprint density at radius 3 is 2.52 bits per heavy atom. The molecule has 0 fully saturated rings. The van der Waals surface area contributed by atoms with Gasteiger partial charge < -0.3 is 14.6 Å². The molecule has 2 aromatic carbocycles. The van der Waals surface area contributed by atoms with Crippen molar-refractivity contribution in [3.8, 4) is 11.5 Å². The van der Waals surface area contributed by atoms with Crippen LogP contribution in [0.5, 0.6) is 11.5 Å². The summed E-state index contributed by atoms with van der Waals surface area (Å²) in [6.45, 7) is 2.18. The van der Waals surface area contributed by atoms with Crippen LogP contribution in [-0.2, 0) is 0 Å². The fourth-order valence-corrected chi connectivity index (χ4v) is 1.95. The third-order valence-electron chi connectivity index (χ3n) is 3.12. The Morgan fingerprint density at radius 1 is 1.10 bits per heavy atom. The molecular weight excluding hydrogens is 264 g/mol. The second-order valence-electron chi connectivity index (χ2n) is 4.71. The third kappa shape index (κ3) is 4.36. The number of hydrogen-bond donors (Lipinski definition) is 1. The van der Waals surface area contributed by atoms with E-state index < -0.39 is 6.10 Å². The number of aliphatic hydroxyl groups is 1. The molecule has 0 spiro atoms. The molecule has 1 N–H and O–H groups in total. The highest BCUT2D eigenvalue weighted by molar-refractivity contribution is 5.49. The lowest BCUT2D eigenvalue weighted by molar-refractivity contribution is 0.198. The van der Waals surface area contributed by atoms with Gasteiger partial charge in [0.05, 0.1) is 13.2 Å². The second-order valence-corrected chi connectivity index (χ2v) is 4.71. The second kappa shape index (κ2) is 7.50. The summed E-state index contributed by atoms with van der Waals surface area (Å²) in [5.74, 6) is 1.29. The minimum atomic E-state index is -0.522. The molecule has 0 heterocycles. The van der Waals surface area contributed by atoms with Gasteiger partial charge in [0.2, 0.25) is 0 Å². The van der Waals surface area contributed by atoms with Crippen molar-refractivity contribution in [2.45, 2.75) is 13.0 Å².